The minimum Gasteiger partial charge on any atom is -0.367 e. The van der Waals surface area contributed by atoms with E-state index in [1.807, 2.05) is 6.26 Å². The van der Waals surface area contributed by atoms with E-state index in [0.717, 1.165) is 11.0 Å². The summed E-state index contributed by atoms with van der Waals surface area (Å²) in [5.74, 6) is 0.768. The van der Waals surface area contributed by atoms with Crippen molar-refractivity contribution in [3.63, 3.8) is 0 Å². The van der Waals surface area contributed by atoms with Gasteiger partial charge in [-0.25, -0.2) is 9.97 Å². The predicted molar refractivity (Wildman–Crippen MR) is 51.4 cm³/mol. The molecule has 65 valence electrons. The van der Waals surface area contributed by atoms with Crippen molar-refractivity contribution in [2.45, 2.75) is 25.0 Å². The fraction of sp³-hybridized carbons (Fsp3) is 0.500. The van der Waals surface area contributed by atoms with Crippen LogP contribution in [0.15, 0.2) is 11.4 Å². The van der Waals surface area contributed by atoms with E-state index >= 15 is 0 Å². The molecule has 1 aromatic rings. The van der Waals surface area contributed by atoms with Crippen molar-refractivity contribution in [1.82, 2.24) is 9.97 Å². The average Bonchev–Trinajstić information content (AvgIpc) is 2.03. The van der Waals surface area contributed by atoms with Gasteiger partial charge < -0.3 is 5.32 Å². The molecule has 1 N–H and O–H groups in total. The van der Waals surface area contributed by atoms with Crippen LogP contribution in [0.25, 0.3) is 0 Å². The van der Waals surface area contributed by atoms with E-state index in [1.54, 1.807) is 6.20 Å². The summed E-state index contributed by atoms with van der Waals surface area (Å²) in [6, 6.07) is 3.31. The zero-order valence-corrected chi connectivity index (χ0v) is 8.27. The lowest BCUT2D eigenvalue weighted by Gasteiger charge is -2.07. The molecule has 0 aliphatic heterocycles. The van der Waals surface area contributed by atoms with Crippen LogP contribution in [0.1, 0.15) is 13.8 Å². The summed E-state index contributed by atoms with van der Waals surface area (Å²) in [6.45, 7) is 4.13. The molecule has 0 atom stereocenters. The Kier molecular flexibility index (Phi) is 3.34. The normalized spacial score (nSPS) is 10.3. The van der Waals surface area contributed by atoms with Gasteiger partial charge in [0.05, 0.1) is 0 Å². The molecule has 0 bridgehead atoms. The van der Waals surface area contributed by atoms with Crippen LogP contribution >= 0.6 is 11.8 Å². The van der Waals surface area contributed by atoms with E-state index in [2.05, 4.69) is 35.2 Å². The molecule has 0 aliphatic rings. The molecule has 3 nitrogen and oxygen atoms in total. The maximum absolute atomic E-state index is 4.22. The Morgan fingerprint density at radius 1 is 1.58 bits per heavy atom. The zero-order valence-electron chi connectivity index (χ0n) is 7.46. The van der Waals surface area contributed by atoms with Crippen LogP contribution in [0.3, 0.4) is 0 Å². The molecule has 0 aromatic carbocycles. The average molecular weight is 182 g/mol. The third kappa shape index (κ3) is 2.70. The van der Waals surface area contributed by atoms with Crippen LogP contribution in [0.4, 0.5) is 5.82 Å². The second-order valence-electron chi connectivity index (χ2n) is 2.65. The third-order valence-corrected chi connectivity index (χ3v) is 1.75. The first-order valence-electron chi connectivity index (χ1n) is 3.77. The van der Waals surface area contributed by atoms with Crippen molar-refractivity contribution in [2.75, 3.05) is 11.6 Å². The summed E-state index contributed by atoms with van der Waals surface area (Å²) in [7, 11) is 0. The van der Waals surface area contributed by atoms with Crippen LogP contribution in [0.5, 0.6) is 0 Å². The van der Waals surface area contributed by atoms with Crippen molar-refractivity contribution < 1.29 is 0 Å². The first kappa shape index (κ1) is 9.32. The van der Waals surface area contributed by atoms with E-state index in [4.69, 9.17) is 0 Å². The molecule has 0 aliphatic carbocycles. The van der Waals surface area contributed by atoms with Crippen molar-refractivity contribution >= 4 is 17.6 Å². The molecule has 0 amide bonds. The second-order valence-corrected chi connectivity index (χ2v) is 3.42. The molecule has 4 heteroatoms. The molecule has 1 heterocycles. The first-order chi connectivity index (χ1) is 5.72. The fourth-order valence-corrected chi connectivity index (χ4v) is 1.09. The highest BCUT2D eigenvalue weighted by molar-refractivity contribution is 7.98. The van der Waals surface area contributed by atoms with Gasteiger partial charge in [0.25, 0.3) is 0 Å². The summed E-state index contributed by atoms with van der Waals surface area (Å²) in [5, 5.41) is 3.93. The summed E-state index contributed by atoms with van der Waals surface area (Å²) < 4.78 is 0. The minimum atomic E-state index is 0.380. The predicted octanol–water partition coefficient (Wildman–Crippen LogP) is 1.82. The number of nitrogens with zero attached hydrogens (tertiary/aromatic N) is 2. The topological polar surface area (TPSA) is 37.8 Å². The summed E-state index contributed by atoms with van der Waals surface area (Å²) >= 11 is 1.53. The Balaban J connectivity index is 2.72. The van der Waals surface area contributed by atoms with Crippen LogP contribution in [0.2, 0.25) is 0 Å². The van der Waals surface area contributed by atoms with Crippen molar-refractivity contribution in [1.29, 1.82) is 0 Å². The smallest absolute Gasteiger partial charge is 0.189 e. The number of rotatable bonds is 3. The number of hydrogen-bond donors (Lipinski definition) is 1. The first-order valence-corrected chi connectivity index (χ1v) is 5.00. The molecule has 0 saturated heterocycles. The highest BCUT2D eigenvalue weighted by atomic mass is 32.2. The maximum atomic E-state index is 4.22. The van der Waals surface area contributed by atoms with Gasteiger partial charge in [-0.05, 0) is 20.1 Å². The van der Waals surface area contributed by atoms with E-state index in [-0.39, 0.29) is 0 Å². The highest BCUT2D eigenvalue weighted by Gasteiger charge is 1.98. The fourth-order valence-electron chi connectivity index (χ4n) is 0.751. The van der Waals surface area contributed by atoms with Gasteiger partial charge in [-0.1, -0.05) is 11.8 Å². The number of thioether (sulfide) groups is 1. The number of aromatic nitrogens is 2. The van der Waals surface area contributed by atoms with Crippen molar-refractivity contribution in [2.24, 2.45) is 0 Å². The molecule has 1 radical (unpaired) electrons. The quantitative estimate of drug-likeness (QED) is 0.571. The Morgan fingerprint density at radius 2 is 2.33 bits per heavy atom. The number of hydrogen-bond acceptors (Lipinski definition) is 4. The largest absolute Gasteiger partial charge is 0.367 e. The lowest BCUT2D eigenvalue weighted by Crippen LogP contribution is -2.11. The lowest BCUT2D eigenvalue weighted by atomic mass is 10.4. The lowest BCUT2D eigenvalue weighted by molar-refractivity contribution is 0.866. The van der Waals surface area contributed by atoms with E-state index in [1.165, 1.54) is 11.8 Å². The molecule has 12 heavy (non-hydrogen) atoms. The van der Waals surface area contributed by atoms with Crippen molar-refractivity contribution in [3.8, 4) is 0 Å². The number of nitrogens with one attached hydrogen (secondary N) is 1. The Labute approximate surface area is 77.0 Å². The zero-order chi connectivity index (χ0) is 8.97. The van der Waals surface area contributed by atoms with E-state index < -0.39 is 0 Å². The second kappa shape index (κ2) is 4.30. The monoisotopic (exact) mass is 182 g/mol. The minimum absolute atomic E-state index is 0.380. The molecule has 0 unspecified atom stereocenters. The Hall–Kier alpha value is -0.770. The third-order valence-electron chi connectivity index (χ3n) is 1.19. The van der Waals surface area contributed by atoms with Gasteiger partial charge in [0.15, 0.2) is 5.16 Å². The number of anilines is 1. The highest BCUT2D eigenvalue weighted by Crippen LogP contribution is 2.10. The van der Waals surface area contributed by atoms with Gasteiger partial charge in [0.2, 0.25) is 0 Å². The summed E-state index contributed by atoms with van der Waals surface area (Å²) in [4.78, 5) is 8.24. The Bertz CT molecular complexity index is 250. The van der Waals surface area contributed by atoms with Gasteiger partial charge >= 0.3 is 0 Å². The Morgan fingerprint density at radius 3 is 2.92 bits per heavy atom. The van der Waals surface area contributed by atoms with Gasteiger partial charge in [0.1, 0.15) is 5.82 Å². The van der Waals surface area contributed by atoms with Gasteiger partial charge in [-0.2, -0.15) is 0 Å². The van der Waals surface area contributed by atoms with E-state index in [9.17, 15) is 0 Å². The standard InChI is InChI=1S/C8H12N3S/c1-6(2)10-7-4-5-9-8(11-7)12-3/h5-6H,1-3H3,(H,9,10,11). The van der Waals surface area contributed by atoms with Crippen LogP contribution < -0.4 is 5.32 Å². The molecule has 1 rings (SSSR count). The SMILES string of the molecule is CSc1nc[c]c(NC(C)C)n1. The van der Waals surface area contributed by atoms with Gasteiger partial charge in [-0.3, -0.25) is 0 Å². The van der Waals surface area contributed by atoms with Crippen molar-refractivity contribution in [3.05, 3.63) is 12.3 Å². The molecule has 0 fully saturated rings. The maximum Gasteiger partial charge on any atom is 0.189 e. The molecule has 0 saturated carbocycles. The molecule has 0 spiro atoms. The van der Waals surface area contributed by atoms with Gasteiger partial charge in [0, 0.05) is 18.3 Å². The van der Waals surface area contributed by atoms with Crippen LogP contribution in [0, 0.1) is 6.07 Å². The van der Waals surface area contributed by atoms with E-state index in [0.29, 0.717) is 6.04 Å². The van der Waals surface area contributed by atoms with Crippen LogP contribution in [-0.4, -0.2) is 22.3 Å². The molecular weight excluding hydrogens is 170 g/mol. The van der Waals surface area contributed by atoms with Crippen LogP contribution in [-0.2, 0) is 0 Å². The molecule has 1 aromatic heterocycles. The summed E-state index contributed by atoms with van der Waals surface area (Å²) in [6.07, 6.45) is 3.60. The summed E-state index contributed by atoms with van der Waals surface area (Å²) in [5.41, 5.74) is 0. The molecular formula is C8H12N3S. The van der Waals surface area contributed by atoms with Gasteiger partial charge in [-0.15, -0.1) is 0 Å².